The fourth-order valence-electron chi connectivity index (χ4n) is 4.29. The van der Waals surface area contributed by atoms with E-state index in [1.807, 2.05) is 13.0 Å². The normalized spacial score (nSPS) is 20.5. The Bertz CT molecular complexity index is 1060. The molecule has 8 heteroatoms. The molecule has 6 nitrogen and oxygen atoms in total. The van der Waals surface area contributed by atoms with Crippen molar-refractivity contribution in [1.82, 2.24) is 9.29 Å². The molecular weight excluding hydrogens is 419 g/mol. The molecule has 0 spiro atoms. The molecule has 1 heterocycles. The van der Waals surface area contributed by atoms with Crippen molar-refractivity contribution in [3.63, 3.8) is 0 Å². The van der Waals surface area contributed by atoms with Crippen LogP contribution in [-0.4, -0.2) is 38.5 Å². The average Bonchev–Trinajstić information content (AvgIpc) is 2.71. The third-order valence-corrected chi connectivity index (χ3v) is 6.60. The largest absolute Gasteiger partial charge is 0.378 e. The Hall–Kier alpha value is -2.03. The maximum absolute atomic E-state index is 13.5. The lowest BCUT2D eigenvalue weighted by Crippen LogP contribution is -2.35. The Balaban J connectivity index is 1.65. The second-order valence-corrected chi connectivity index (χ2v) is 10.4. The van der Waals surface area contributed by atoms with Gasteiger partial charge in [-0.1, -0.05) is 12.1 Å². The zero-order chi connectivity index (χ0) is 22.6. The van der Waals surface area contributed by atoms with Gasteiger partial charge in [0.25, 0.3) is 5.56 Å². The van der Waals surface area contributed by atoms with Crippen molar-refractivity contribution < 1.29 is 17.5 Å². The molecule has 0 radical (unpaired) electrons. The van der Waals surface area contributed by atoms with Gasteiger partial charge in [-0.05, 0) is 67.9 Å². The van der Waals surface area contributed by atoms with Crippen molar-refractivity contribution in [3.05, 3.63) is 69.4 Å². The minimum Gasteiger partial charge on any atom is -0.378 e. The van der Waals surface area contributed by atoms with E-state index in [2.05, 4.69) is 4.72 Å². The van der Waals surface area contributed by atoms with Crippen molar-refractivity contribution in [2.24, 2.45) is 7.05 Å². The third-order valence-electron chi connectivity index (χ3n) is 5.91. The molecule has 31 heavy (non-hydrogen) atoms. The van der Waals surface area contributed by atoms with E-state index in [1.165, 1.54) is 10.6 Å². The van der Waals surface area contributed by atoms with E-state index in [1.54, 1.807) is 31.4 Å². The zero-order valence-corrected chi connectivity index (χ0v) is 19.1. The van der Waals surface area contributed by atoms with Gasteiger partial charge in [0.1, 0.15) is 5.82 Å². The Morgan fingerprint density at radius 2 is 1.94 bits per heavy atom. The van der Waals surface area contributed by atoms with Crippen LogP contribution in [0.5, 0.6) is 0 Å². The van der Waals surface area contributed by atoms with Crippen molar-refractivity contribution in [2.75, 3.05) is 19.4 Å². The van der Waals surface area contributed by atoms with E-state index >= 15 is 0 Å². The van der Waals surface area contributed by atoms with Crippen LogP contribution in [0, 0.1) is 12.7 Å². The number of benzene rings is 1. The summed E-state index contributed by atoms with van der Waals surface area (Å²) in [5, 5.41) is 0. The molecule has 1 aliphatic rings. The highest BCUT2D eigenvalue weighted by atomic mass is 32.2. The molecule has 1 aromatic carbocycles. The maximum atomic E-state index is 13.5. The highest BCUT2D eigenvalue weighted by molar-refractivity contribution is 7.88. The number of ether oxygens (including phenoxy) is 1. The van der Waals surface area contributed by atoms with Crippen LogP contribution in [0.3, 0.4) is 0 Å². The lowest BCUT2D eigenvalue weighted by atomic mass is 9.82. The lowest BCUT2D eigenvalue weighted by Gasteiger charge is -2.30. The maximum Gasteiger partial charge on any atom is 0.253 e. The second-order valence-electron chi connectivity index (χ2n) is 8.57. The number of nitrogens with one attached hydrogen (secondary N) is 1. The van der Waals surface area contributed by atoms with Crippen LogP contribution in [0.4, 0.5) is 4.39 Å². The van der Waals surface area contributed by atoms with Crippen molar-refractivity contribution in [3.8, 4) is 0 Å². The Morgan fingerprint density at radius 3 is 2.58 bits per heavy atom. The topological polar surface area (TPSA) is 77.4 Å². The molecule has 1 saturated carbocycles. The van der Waals surface area contributed by atoms with Crippen molar-refractivity contribution >= 4 is 10.0 Å². The summed E-state index contributed by atoms with van der Waals surface area (Å²) in [6.07, 6.45) is 6.41. The molecule has 170 valence electrons. The first-order valence-corrected chi connectivity index (χ1v) is 12.5. The summed E-state index contributed by atoms with van der Waals surface area (Å²) in [6.45, 7) is 2.27. The van der Waals surface area contributed by atoms with Gasteiger partial charge in [0.05, 0.1) is 19.0 Å². The van der Waals surface area contributed by atoms with Crippen LogP contribution >= 0.6 is 0 Å². The van der Waals surface area contributed by atoms with Gasteiger partial charge in [-0.3, -0.25) is 4.79 Å². The summed E-state index contributed by atoms with van der Waals surface area (Å²) >= 11 is 0. The average molecular weight is 451 g/mol. The standard InChI is InChI=1S/C23H31FN2O4S/c1-16-11-22(23(27)26(2)14-16)19(13-25-31(3,28)29)15-30-21-9-7-17(8-10-21)18-5-4-6-20(24)12-18/h4-6,11-12,14,17,19,21,25H,7-10,13,15H2,1-3H3/t17?,19-,21?/m1/s1. The smallest absolute Gasteiger partial charge is 0.253 e. The monoisotopic (exact) mass is 450 g/mol. The summed E-state index contributed by atoms with van der Waals surface area (Å²) in [5.41, 5.74) is 2.35. The van der Waals surface area contributed by atoms with E-state index in [9.17, 15) is 17.6 Å². The highest BCUT2D eigenvalue weighted by Crippen LogP contribution is 2.34. The van der Waals surface area contributed by atoms with Crippen molar-refractivity contribution in [2.45, 2.75) is 50.5 Å². The predicted octanol–water partition coefficient (Wildman–Crippen LogP) is 3.21. The number of nitrogens with zero attached hydrogens (tertiary/aromatic N) is 1. The quantitative estimate of drug-likeness (QED) is 0.670. The molecule has 1 atom stereocenters. The van der Waals surface area contributed by atoms with Gasteiger partial charge in [-0.2, -0.15) is 0 Å². The van der Waals surface area contributed by atoms with Crippen LogP contribution in [0.25, 0.3) is 0 Å². The summed E-state index contributed by atoms with van der Waals surface area (Å²) in [5.74, 6) is -0.270. The van der Waals surface area contributed by atoms with E-state index < -0.39 is 10.0 Å². The number of halogens is 1. The molecule has 2 aromatic rings. The first-order chi connectivity index (χ1) is 14.6. The molecule has 0 bridgehead atoms. The first kappa shape index (κ1) is 23.6. The van der Waals surface area contributed by atoms with Gasteiger partial charge in [0.2, 0.25) is 10.0 Å². The molecule has 1 N–H and O–H groups in total. The van der Waals surface area contributed by atoms with Gasteiger partial charge < -0.3 is 9.30 Å². The number of aryl methyl sites for hydroxylation is 2. The van der Waals surface area contributed by atoms with Gasteiger partial charge in [0, 0.05) is 31.3 Å². The van der Waals surface area contributed by atoms with Gasteiger partial charge >= 0.3 is 0 Å². The molecule has 1 fully saturated rings. The number of hydrogen-bond acceptors (Lipinski definition) is 4. The van der Waals surface area contributed by atoms with Crippen LogP contribution in [0.15, 0.2) is 41.3 Å². The van der Waals surface area contributed by atoms with Crippen LogP contribution < -0.4 is 10.3 Å². The Kier molecular flexibility index (Phi) is 7.67. The van der Waals surface area contributed by atoms with Gasteiger partial charge in [-0.15, -0.1) is 0 Å². The number of rotatable bonds is 8. The molecule has 0 saturated heterocycles. The van der Waals surface area contributed by atoms with Gasteiger partial charge in [-0.25, -0.2) is 17.5 Å². The molecular formula is C23H31FN2O4S. The summed E-state index contributed by atoms with van der Waals surface area (Å²) in [4.78, 5) is 12.7. The Morgan fingerprint density at radius 1 is 1.23 bits per heavy atom. The molecule has 3 rings (SSSR count). The second kappa shape index (κ2) is 10.1. The van der Waals surface area contributed by atoms with E-state index in [-0.39, 0.29) is 36.5 Å². The lowest BCUT2D eigenvalue weighted by molar-refractivity contribution is 0.0168. The van der Waals surface area contributed by atoms with Crippen molar-refractivity contribution in [1.29, 1.82) is 0 Å². The molecule has 1 aliphatic carbocycles. The van der Waals surface area contributed by atoms with Gasteiger partial charge in [0.15, 0.2) is 0 Å². The minimum absolute atomic E-state index is 0.0409. The molecule has 0 aliphatic heterocycles. The molecule has 0 unspecified atom stereocenters. The molecule has 0 amide bonds. The molecule has 1 aromatic heterocycles. The Labute approximate surface area is 183 Å². The summed E-state index contributed by atoms with van der Waals surface area (Å²) in [6, 6.07) is 8.58. The zero-order valence-electron chi connectivity index (χ0n) is 18.3. The predicted molar refractivity (Wildman–Crippen MR) is 119 cm³/mol. The van der Waals surface area contributed by atoms with Crippen LogP contribution in [0.2, 0.25) is 0 Å². The van der Waals surface area contributed by atoms with Crippen LogP contribution in [0.1, 0.15) is 54.2 Å². The number of aromatic nitrogens is 1. The van der Waals surface area contributed by atoms with Crippen LogP contribution in [-0.2, 0) is 21.8 Å². The first-order valence-electron chi connectivity index (χ1n) is 10.6. The van der Waals surface area contributed by atoms with E-state index in [0.717, 1.165) is 43.1 Å². The third kappa shape index (κ3) is 6.72. The SMILES string of the molecule is Cc1cc([C@H](CNS(C)(=O)=O)COC2CCC(c3cccc(F)c3)CC2)c(=O)n(C)c1. The number of hydrogen-bond donors (Lipinski definition) is 1. The van der Waals surface area contributed by atoms with E-state index in [0.29, 0.717) is 11.5 Å². The number of pyridine rings is 1. The minimum atomic E-state index is -3.39. The summed E-state index contributed by atoms with van der Waals surface area (Å²) < 4.78 is 46.9. The number of sulfonamides is 1. The highest BCUT2D eigenvalue weighted by Gasteiger charge is 2.25. The summed E-state index contributed by atoms with van der Waals surface area (Å²) in [7, 11) is -1.70. The fourth-order valence-corrected chi connectivity index (χ4v) is 4.79. The van der Waals surface area contributed by atoms with E-state index in [4.69, 9.17) is 4.74 Å². The fraction of sp³-hybridized carbons (Fsp3) is 0.522.